The number of aliphatic carboxylic acids is 4. The first-order valence-electron chi connectivity index (χ1n) is 23.2. The number of nitrogens with two attached hydrogens (primary N) is 1. The van der Waals surface area contributed by atoms with Crippen molar-refractivity contribution in [1.29, 1.82) is 0 Å². The fraction of sp³-hybridized carbons (Fsp3) is 0.814. The number of nitrogens with one attached hydrogen (secondary N) is 3. The van der Waals surface area contributed by atoms with E-state index in [4.69, 9.17) is 25.4 Å². The smallest absolute Gasteiger partial charge is 0.326 e. The molecule has 1 rings (SSSR count). The number of carbonyl (C=O) groups excluding carboxylic acids is 4. The zero-order valence-electron chi connectivity index (χ0n) is 38.6. The molecule has 1 aliphatic heterocycles. The van der Waals surface area contributed by atoms with E-state index >= 15 is 0 Å². The Labute approximate surface area is 422 Å². The molecule has 24 heteroatoms. The minimum atomic E-state index is -1.39. The van der Waals surface area contributed by atoms with Gasteiger partial charge in [0.15, 0.2) is 8.53 Å². The van der Waals surface area contributed by atoms with Crippen LogP contribution in [0.2, 0.25) is 0 Å². The van der Waals surface area contributed by atoms with Crippen LogP contribution < -0.4 is 21.7 Å². The summed E-state index contributed by atoms with van der Waals surface area (Å²) in [4.78, 5) is 93.4. The van der Waals surface area contributed by atoms with Gasteiger partial charge in [-0.25, -0.2) is 4.79 Å². The van der Waals surface area contributed by atoms with Crippen LogP contribution in [0.15, 0.2) is 0 Å². The van der Waals surface area contributed by atoms with Gasteiger partial charge in [-0.15, -0.1) is 12.6 Å². The summed E-state index contributed by atoms with van der Waals surface area (Å²) in [7, 11) is 7.11. The number of amides is 3. The van der Waals surface area contributed by atoms with Gasteiger partial charge in [0.2, 0.25) is 17.7 Å². The molecule has 1 aliphatic rings. The molecule has 0 saturated carbocycles. The number of unbranched alkanes of at least 4 members (excludes halogenated alkanes) is 14. The second kappa shape index (κ2) is 42.8. The highest BCUT2D eigenvalue weighted by atomic mass is 33.2. The molecule has 388 valence electrons. The van der Waals surface area contributed by atoms with E-state index in [9.17, 15) is 48.6 Å². The maximum absolute atomic E-state index is 12.4. The highest BCUT2D eigenvalue weighted by Crippen LogP contribution is 2.75. The average Bonchev–Trinajstić information content (AvgIpc) is 4.02. The number of carbonyl (C=O) groups is 8. The van der Waals surface area contributed by atoms with E-state index in [1.54, 1.807) is 43.2 Å². The summed E-state index contributed by atoms with van der Waals surface area (Å²) in [5.74, 6) is -7.38. The molecule has 0 spiro atoms. The van der Waals surface area contributed by atoms with E-state index in [1.165, 1.54) is 51.4 Å². The van der Waals surface area contributed by atoms with Gasteiger partial charge in [0.25, 0.3) is 0 Å². The summed E-state index contributed by atoms with van der Waals surface area (Å²) in [6.07, 6.45) is 16.2. The van der Waals surface area contributed by atoms with Crippen molar-refractivity contribution in [3.05, 3.63) is 0 Å². The third kappa shape index (κ3) is 42.5. The molecule has 18 nitrogen and oxygen atoms in total. The number of hydrogen-bond acceptors (Lipinski definition) is 17. The lowest BCUT2D eigenvalue weighted by Gasteiger charge is -2.16. The maximum Gasteiger partial charge on any atom is 0.326 e. The molecule has 0 aromatic carbocycles. The highest BCUT2D eigenvalue weighted by molar-refractivity contribution is 9.07. The Morgan fingerprint density at radius 3 is 1.63 bits per heavy atom. The van der Waals surface area contributed by atoms with Gasteiger partial charge >= 0.3 is 23.9 Å². The van der Waals surface area contributed by atoms with E-state index in [0.717, 1.165) is 43.6 Å². The minimum Gasteiger partial charge on any atom is -0.481 e. The number of ether oxygens (including phenoxy) is 2. The summed E-state index contributed by atoms with van der Waals surface area (Å²) in [5.41, 5.74) is 5.42. The fourth-order valence-electron chi connectivity index (χ4n) is 6.28. The van der Waals surface area contributed by atoms with Crippen LogP contribution in [0.5, 0.6) is 0 Å². The Morgan fingerprint density at radius 1 is 0.582 bits per heavy atom. The van der Waals surface area contributed by atoms with Crippen molar-refractivity contribution in [1.82, 2.24) is 16.0 Å². The Kier molecular flexibility index (Phi) is 41.5. The van der Waals surface area contributed by atoms with Crippen molar-refractivity contribution < 1.29 is 68.3 Å². The molecule has 1 heterocycles. The summed E-state index contributed by atoms with van der Waals surface area (Å²) in [5, 5.41) is 45.0. The number of Topliss-reactive ketones (excluding diaryl/α,β-unsaturated/α-hetero) is 1. The van der Waals surface area contributed by atoms with Gasteiger partial charge in [-0.3, -0.25) is 33.6 Å². The molecule has 0 aromatic heterocycles. The highest BCUT2D eigenvalue weighted by Gasteiger charge is 2.43. The summed E-state index contributed by atoms with van der Waals surface area (Å²) < 4.78 is 10.9. The molecular weight excluding hydrogens is 989 g/mol. The van der Waals surface area contributed by atoms with Crippen LogP contribution in [0, 0.1) is 5.92 Å². The van der Waals surface area contributed by atoms with E-state index in [2.05, 4.69) is 41.2 Å². The number of hydrogen-bond donors (Lipinski definition) is 10. The van der Waals surface area contributed by atoms with E-state index < -0.39 is 59.5 Å². The molecule has 67 heavy (non-hydrogen) atoms. The van der Waals surface area contributed by atoms with Crippen molar-refractivity contribution in [2.75, 3.05) is 44.6 Å². The van der Waals surface area contributed by atoms with E-state index in [-0.39, 0.29) is 86.6 Å². The van der Waals surface area contributed by atoms with Crippen LogP contribution in [0.3, 0.4) is 0 Å². The van der Waals surface area contributed by atoms with Gasteiger partial charge in [-0.1, -0.05) is 98.6 Å². The Morgan fingerprint density at radius 2 is 1.10 bits per heavy atom. The Bertz CT molecular complexity index is 1440. The minimum absolute atomic E-state index is 0.0312. The van der Waals surface area contributed by atoms with Gasteiger partial charge in [0.1, 0.15) is 18.7 Å². The van der Waals surface area contributed by atoms with E-state index in [0.29, 0.717) is 25.8 Å². The van der Waals surface area contributed by atoms with Gasteiger partial charge in [0, 0.05) is 50.3 Å². The number of ketones is 1. The zero-order valence-corrected chi connectivity index (χ0v) is 43.7. The van der Waals surface area contributed by atoms with Gasteiger partial charge < -0.3 is 51.6 Å². The third-order valence-corrected chi connectivity index (χ3v) is 19.1. The maximum atomic E-state index is 12.4. The predicted molar refractivity (Wildman–Crippen MR) is 273 cm³/mol. The zero-order chi connectivity index (χ0) is 50.1. The Balaban J connectivity index is 0.00000487. The number of carboxylic acids is 4. The first kappa shape index (κ1) is 64.9. The lowest BCUT2D eigenvalue weighted by atomic mass is 9.97. The van der Waals surface area contributed by atoms with Crippen molar-refractivity contribution in [3.63, 3.8) is 0 Å². The topological polar surface area (TPSA) is 298 Å². The molecule has 0 bridgehead atoms. The van der Waals surface area contributed by atoms with Crippen LogP contribution in [0.1, 0.15) is 154 Å². The molecule has 0 aromatic rings. The number of rotatable bonds is 45. The second-order valence-corrected chi connectivity index (χ2v) is 24.1. The average molecular weight is 1070 g/mol. The molecular formula is C43H76N4O14S6. The summed E-state index contributed by atoms with van der Waals surface area (Å²) >= 11 is 8.38. The molecule has 0 radical (unpaired) electrons. The lowest BCUT2D eigenvalue weighted by Crippen LogP contribution is -2.42. The fourth-order valence-corrected chi connectivity index (χ4v) is 12.1. The molecule has 0 aliphatic carbocycles. The third-order valence-electron chi connectivity index (χ3n) is 10.1. The summed E-state index contributed by atoms with van der Waals surface area (Å²) in [6, 6.07) is -2.37. The lowest BCUT2D eigenvalue weighted by molar-refractivity contribution is -0.145. The van der Waals surface area contributed by atoms with E-state index in [1.807, 2.05) is 0 Å². The SMILES string of the molecule is N[C@@H](CCCCNC(=O)CC[C@H](NC(=O)CC[C@H](CC(=O)COCCOCCNC(=O)CCCCCCCCCCCCCCCCC(=O)O)C(=O)O)C(=O)O)C(=O)O.SCSSC1(S)SS1. The molecule has 1 fully saturated rings. The van der Waals surface area contributed by atoms with Gasteiger partial charge in [-0.05, 0) is 66.5 Å². The summed E-state index contributed by atoms with van der Waals surface area (Å²) in [6.45, 7) is 0.745. The first-order chi connectivity index (χ1) is 32.0. The van der Waals surface area contributed by atoms with Crippen molar-refractivity contribution in [3.8, 4) is 0 Å². The standard InChI is InChI=1S/C41H72N4O14.C2H4S6/c42-33(40(54)55)17-15-16-24-43-36(48)23-21-34(41(56)57)45-37(49)22-20-31(39(52)53)29-32(46)30-59-28-27-58-26-25-44-35(47)18-13-11-9-7-5-3-1-2-4-6-8-10-12-14-19-38(50)51;3-1-5-6-2(4)7-8-2/h31,33-34H,1-30,42H2,(H,43,48)(H,44,47)(H,45,49)(H,50,51)(H,52,53)(H,54,55)(H,56,57);3-4H,1H2/t31-,33+,34+;/m1./s1. The van der Waals surface area contributed by atoms with Crippen molar-refractivity contribution >= 4 is 116 Å². The van der Waals surface area contributed by atoms with Crippen molar-refractivity contribution in [2.24, 2.45) is 11.7 Å². The molecule has 9 N–H and O–H groups in total. The van der Waals surface area contributed by atoms with Crippen LogP contribution in [0.25, 0.3) is 0 Å². The largest absolute Gasteiger partial charge is 0.481 e. The van der Waals surface area contributed by atoms with Crippen molar-refractivity contribution in [2.45, 2.75) is 169 Å². The normalized spacial score (nSPS) is 13.8. The van der Waals surface area contributed by atoms with Gasteiger partial charge in [0.05, 0.1) is 25.7 Å². The van der Waals surface area contributed by atoms with Gasteiger partial charge in [-0.2, -0.15) is 12.6 Å². The number of carboxylic acid groups (broad SMARTS) is 4. The van der Waals surface area contributed by atoms with Crippen LogP contribution >= 0.6 is 68.4 Å². The molecule has 3 amide bonds. The predicted octanol–water partition coefficient (Wildman–Crippen LogP) is 7.14. The van der Waals surface area contributed by atoms with Crippen LogP contribution in [-0.2, 0) is 47.8 Å². The Hall–Kier alpha value is -2.06. The monoisotopic (exact) mass is 1060 g/mol. The van der Waals surface area contributed by atoms with Crippen LogP contribution in [-0.4, -0.2) is 127 Å². The molecule has 0 unspecified atom stereocenters. The first-order valence-corrected chi connectivity index (χ1v) is 28.7. The second-order valence-electron chi connectivity index (χ2n) is 16.0. The quantitative estimate of drug-likeness (QED) is 0.00953. The molecule has 1 saturated heterocycles. The molecule has 3 atom stereocenters. The number of thiol groups is 2. The van der Waals surface area contributed by atoms with Crippen LogP contribution in [0.4, 0.5) is 0 Å².